The Morgan fingerprint density at radius 2 is 2.05 bits per heavy atom. The van der Waals surface area contributed by atoms with Gasteiger partial charge in [-0.3, -0.25) is 4.79 Å². The molecule has 104 valence electrons. The summed E-state index contributed by atoms with van der Waals surface area (Å²) in [7, 11) is 0. The van der Waals surface area contributed by atoms with Gasteiger partial charge in [0.25, 0.3) is 0 Å². The standard InChI is InChI=1S/C14H18F2N2O/c1-7-5-8(2)18-13(12(7)14(17)19)10-6-9(15)3-4-11(10)16/h3-4,6-8,12-13,18H,5H2,1-2H3,(H2,17,19). The van der Waals surface area contributed by atoms with Crippen LogP contribution < -0.4 is 11.1 Å². The Balaban J connectivity index is 2.43. The van der Waals surface area contributed by atoms with Crippen molar-refractivity contribution in [2.24, 2.45) is 17.6 Å². The van der Waals surface area contributed by atoms with Crippen LogP contribution in [-0.4, -0.2) is 11.9 Å². The first-order chi connectivity index (χ1) is 8.90. The number of nitrogens with two attached hydrogens (primary N) is 1. The third-order valence-electron chi connectivity index (χ3n) is 3.78. The second kappa shape index (κ2) is 5.25. The number of rotatable bonds is 2. The van der Waals surface area contributed by atoms with Gasteiger partial charge in [0.2, 0.25) is 5.91 Å². The quantitative estimate of drug-likeness (QED) is 0.863. The number of hydrogen-bond acceptors (Lipinski definition) is 2. The molecule has 0 saturated carbocycles. The van der Waals surface area contributed by atoms with Crippen LogP contribution in [0.15, 0.2) is 18.2 Å². The van der Waals surface area contributed by atoms with E-state index in [-0.39, 0.29) is 17.5 Å². The monoisotopic (exact) mass is 268 g/mol. The number of benzene rings is 1. The Bertz CT molecular complexity index is 492. The Morgan fingerprint density at radius 3 is 2.68 bits per heavy atom. The molecule has 4 unspecified atom stereocenters. The molecule has 1 aromatic carbocycles. The van der Waals surface area contributed by atoms with E-state index >= 15 is 0 Å². The molecule has 1 fully saturated rings. The van der Waals surface area contributed by atoms with Gasteiger partial charge < -0.3 is 11.1 Å². The Kier molecular flexibility index (Phi) is 3.85. The molecule has 4 atom stereocenters. The number of piperidine rings is 1. The SMILES string of the molecule is CC1CC(C)C(C(N)=O)C(c2cc(F)ccc2F)N1. The maximum Gasteiger partial charge on any atom is 0.222 e. The molecule has 0 aliphatic carbocycles. The van der Waals surface area contributed by atoms with Crippen molar-refractivity contribution in [2.45, 2.75) is 32.4 Å². The first-order valence-electron chi connectivity index (χ1n) is 6.40. The van der Waals surface area contributed by atoms with Gasteiger partial charge in [-0.05, 0) is 37.5 Å². The summed E-state index contributed by atoms with van der Waals surface area (Å²) in [6.45, 7) is 3.87. The number of amides is 1. The third kappa shape index (κ3) is 2.76. The van der Waals surface area contributed by atoms with Gasteiger partial charge >= 0.3 is 0 Å². The van der Waals surface area contributed by atoms with Crippen LogP contribution in [0.3, 0.4) is 0 Å². The molecule has 19 heavy (non-hydrogen) atoms. The number of hydrogen-bond donors (Lipinski definition) is 2. The second-order valence-electron chi connectivity index (χ2n) is 5.35. The molecule has 1 saturated heterocycles. The van der Waals surface area contributed by atoms with Crippen molar-refractivity contribution in [3.05, 3.63) is 35.4 Å². The number of halogens is 2. The molecule has 1 aliphatic rings. The van der Waals surface area contributed by atoms with Crippen LogP contribution >= 0.6 is 0 Å². The number of carbonyl (C=O) groups excluding carboxylic acids is 1. The van der Waals surface area contributed by atoms with Crippen molar-refractivity contribution in [1.82, 2.24) is 5.32 Å². The van der Waals surface area contributed by atoms with Crippen molar-refractivity contribution in [2.75, 3.05) is 0 Å². The molecule has 0 spiro atoms. The van der Waals surface area contributed by atoms with Crippen LogP contribution in [0.5, 0.6) is 0 Å². The average molecular weight is 268 g/mol. The fourth-order valence-electron chi connectivity index (χ4n) is 2.99. The summed E-state index contributed by atoms with van der Waals surface area (Å²) in [5, 5.41) is 3.16. The normalized spacial score (nSPS) is 31.2. The minimum absolute atomic E-state index is 0.0291. The zero-order chi connectivity index (χ0) is 14.2. The van der Waals surface area contributed by atoms with E-state index in [1.54, 1.807) is 0 Å². The molecule has 0 bridgehead atoms. The summed E-state index contributed by atoms with van der Waals surface area (Å²) in [5.74, 6) is -2.03. The van der Waals surface area contributed by atoms with Crippen LogP contribution in [0.25, 0.3) is 0 Å². The lowest BCUT2D eigenvalue weighted by Crippen LogP contribution is -2.49. The second-order valence-corrected chi connectivity index (χ2v) is 5.35. The number of primary amides is 1. The first kappa shape index (κ1) is 13.9. The molecular weight excluding hydrogens is 250 g/mol. The summed E-state index contributed by atoms with van der Waals surface area (Å²) < 4.78 is 27.2. The molecule has 1 heterocycles. The van der Waals surface area contributed by atoms with E-state index in [2.05, 4.69) is 5.32 Å². The zero-order valence-corrected chi connectivity index (χ0v) is 11.0. The van der Waals surface area contributed by atoms with Gasteiger partial charge in [0, 0.05) is 17.6 Å². The largest absolute Gasteiger partial charge is 0.369 e. The highest BCUT2D eigenvalue weighted by Gasteiger charge is 2.39. The first-order valence-corrected chi connectivity index (χ1v) is 6.40. The van der Waals surface area contributed by atoms with Crippen molar-refractivity contribution in [3.8, 4) is 0 Å². The number of carbonyl (C=O) groups is 1. The fourth-order valence-corrected chi connectivity index (χ4v) is 2.99. The highest BCUT2D eigenvalue weighted by molar-refractivity contribution is 5.78. The average Bonchev–Trinajstić information content (AvgIpc) is 2.30. The smallest absolute Gasteiger partial charge is 0.222 e. The molecule has 3 N–H and O–H groups in total. The molecular formula is C14H18F2N2O. The van der Waals surface area contributed by atoms with Gasteiger partial charge in [-0.25, -0.2) is 8.78 Å². The van der Waals surface area contributed by atoms with Gasteiger partial charge in [0.1, 0.15) is 11.6 Å². The van der Waals surface area contributed by atoms with Crippen LogP contribution in [-0.2, 0) is 4.79 Å². The van der Waals surface area contributed by atoms with Gasteiger partial charge in [-0.2, -0.15) is 0 Å². The lowest BCUT2D eigenvalue weighted by molar-refractivity contribution is -0.125. The molecule has 3 nitrogen and oxygen atoms in total. The van der Waals surface area contributed by atoms with E-state index in [1.807, 2.05) is 13.8 Å². The zero-order valence-electron chi connectivity index (χ0n) is 11.0. The van der Waals surface area contributed by atoms with E-state index in [9.17, 15) is 13.6 Å². The molecule has 1 aliphatic heterocycles. The minimum Gasteiger partial charge on any atom is -0.369 e. The van der Waals surface area contributed by atoms with Gasteiger partial charge in [0.15, 0.2) is 0 Å². The maximum absolute atomic E-state index is 13.9. The highest BCUT2D eigenvalue weighted by Crippen LogP contribution is 2.36. The lowest BCUT2D eigenvalue weighted by atomic mass is 9.76. The Morgan fingerprint density at radius 1 is 1.37 bits per heavy atom. The van der Waals surface area contributed by atoms with E-state index < -0.39 is 29.5 Å². The van der Waals surface area contributed by atoms with Crippen molar-refractivity contribution in [1.29, 1.82) is 0 Å². The molecule has 2 rings (SSSR count). The maximum atomic E-state index is 13.9. The van der Waals surface area contributed by atoms with Crippen LogP contribution in [0.2, 0.25) is 0 Å². The van der Waals surface area contributed by atoms with Crippen molar-refractivity contribution < 1.29 is 13.6 Å². The molecule has 1 amide bonds. The Hall–Kier alpha value is -1.49. The van der Waals surface area contributed by atoms with Crippen LogP contribution in [0, 0.1) is 23.5 Å². The van der Waals surface area contributed by atoms with E-state index in [0.29, 0.717) is 0 Å². The van der Waals surface area contributed by atoms with Gasteiger partial charge in [0.05, 0.1) is 5.92 Å². The van der Waals surface area contributed by atoms with E-state index in [0.717, 1.165) is 24.6 Å². The van der Waals surface area contributed by atoms with Gasteiger partial charge in [-0.1, -0.05) is 6.92 Å². The molecule has 0 aromatic heterocycles. The van der Waals surface area contributed by atoms with Crippen LogP contribution in [0.1, 0.15) is 31.9 Å². The topological polar surface area (TPSA) is 55.1 Å². The summed E-state index contributed by atoms with van der Waals surface area (Å²) in [4.78, 5) is 11.6. The van der Waals surface area contributed by atoms with Crippen LogP contribution in [0.4, 0.5) is 8.78 Å². The predicted octanol–water partition coefficient (Wildman–Crippen LogP) is 2.13. The Labute approximate surface area is 111 Å². The van der Waals surface area contributed by atoms with Gasteiger partial charge in [-0.15, -0.1) is 0 Å². The summed E-state index contributed by atoms with van der Waals surface area (Å²) in [6.07, 6.45) is 0.779. The number of nitrogens with one attached hydrogen (secondary N) is 1. The molecule has 5 heteroatoms. The fraction of sp³-hybridized carbons (Fsp3) is 0.500. The summed E-state index contributed by atoms with van der Waals surface area (Å²) in [5.41, 5.74) is 5.59. The highest BCUT2D eigenvalue weighted by atomic mass is 19.1. The molecule has 0 radical (unpaired) electrons. The van der Waals surface area contributed by atoms with Crippen molar-refractivity contribution in [3.63, 3.8) is 0 Å². The van der Waals surface area contributed by atoms with E-state index in [1.165, 1.54) is 0 Å². The third-order valence-corrected chi connectivity index (χ3v) is 3.78. The van der Waals surface area contributed by atoms with E-state index in [4.69, 9.17) is 5.73 Å². The minimum atomic E-state index is -0.577. The summed E-state index contributed by atoms with van der Waals surface area (Å²) in [6, 6.07) is 2.82. The van der Waals surface area contributed by atoms with Crippen molar-refractivity contribution >= 4 is 5.91 Å². The lowest BCUT2D eigenvalue weighted by Gasteiger charge is -2.39. The molecule has 1 aromatic rings. The summed E-state index contributed by atoms with van der Waals surface area (Å²) >= 11 is 0. The predicted molar refractivity (Wildman–Crippen MR) is 68.2 cm³/mol.